The Kier molecular flexibility index (Phi) is 5.27. The van der Waals surface area contributed by atoms with Gasteiger partial charge < -0.3 is 5.11 Å². The predicted octanol–water partition coefficient (Wildman–Crippen LogP) is 1.70. The standard InChI is InChI=1S/C13H17N3O3S2/c1-16-10-13(9-14-16)21(18,19)15-11-3-5-12(6-4-11)20-8-2-7-17/h3-6,9-10,15,17H,2,7-8H2,1H3. The molecule has 0 saturated carbocycles. The SMILES string of the molecule is Cn1cc(S(=O)(=O)Nc2ccc(SCCCO)cc2)cn1. The molecule has 0 spiro atoms. The Balaban J connectivity index is 2.03. The molecule has 21 heavy (non-hydrogen) atoms. The fourth-order valence-corrected chi connectivity index (χ4v) is 3.50. The summed E-state index contributed by atoms with van der Waals surface area (Å²) in [4.78, 5) is 1.17. The maximum Gasteiger partial charge on any atom is 0.265 e. The monoisotopic (exact) mass is 327 g/mol. The number of rotatable bonds is 7. The lowest BCUT2D eigenvalue weighted by Gasteiger charge is -2.07. The van der Waals surface area contributed by atoms with E-state index in [0.717, 1.165) is 17.1 Å². The van der Waals surface area contributed by atoms with Gasteiger partial charge in [-0.25, -0.2) is 8.42 Å². The van der Waals surface area contributed by atoms with E-state index in [1.54, 1.807) is 30.9 Å². The maximum atomic E-state index is 12.1. The van der Waals surface area contributed by atoms with Crippen LogP contribution in [-0.2, 0) is 17.1 Å². The van der Waals surface area contributed by atoms with Crippen molar-refractivity contribution in [2.24, 2.45) is 7.05 Å². The van der Waals surface area contributed by atoms with Crippen molar-refractivity contribution in [1.29, 1.82) is 0 Å². The lowest BCUT2D eigenvalue weighted by atomic mass is 10.3. The van der Waals surface area contributed by atoms with Crippen molar-refractivity contribution in [3.8, 4) is 0 Å². The Bertz CT molecular complexity index is 681. The summed E-state index contributed by atoms with van der Waals surface area (Å²) < 4.78 is 28.2. The van der Waals surface area contributed by atoms with Crippen LogP contribution in [0.2, 0.25) is 0 Å². The average Bonchev–Trinajstić information content (AvgIpc) is 2.88. The quantitative estimate of drug-likeness (QED) is 0.597. The number of sulfonamides is 1. The number of nitrogens with one attached hydrogen (secondary N) is 1. The smallest absolute Gasteiger partial charge is 0.265 e. The molecule has 0 atom stereocenters. The van der Waals surface area contributed by atoms with Gasteiger partial charge in [0.2, 0.25) is 0 Å². The molecule has 0 radical (unpaired) electrons. The molecular formula is C13H17N3O3S2. The number of hydrogen-bond donors (Lipinski definition) is 2. The molecule has 114 valence electrons. The summed E-state index contributed by atoms with van der Waals surface area (Å²) in [6.07, 6.45) is 3.49. The summed E-state index contributed by atoms with van der Waals surface area (Å²) in [7, 11) is -1.94. The van der Waals surface area contributed by atoms with E-state index < -0.39 is 10.0 Å². The van der Waals surface area contributed by atoms with Crippen LogP contribution in [0.15, 0.2) is 46.5 Å². The Hall–Kier alpha value is -1.51. The summed E-state index contributed by atoms with van der Waals surface area (Å²) in [5.74, 6) is 0.831. The molecule has 1 aromatic carbocycles. The summed E-state index contributed by atoms with van der Waals surface area (Å²) >= 11 is 1.62. The van der Waals surface area contributed by atoms with E-state index in [1.807, 2.05) is 12.1 Å². The lowest BCUT2D eigenvalue weighted by Crippen LogP contribution is -2.12. The number of thioether (sulfide) groups is 1. The average molecular weight is 327 g/mol. The van der Waals surface area contributed by atoms with Crippen LogP contribution in [-0.4, -0.2) is 35.7 Å². The second-order valence-electron chi connectivity index (χ2n) is 4.41. The van der Waals surface area contributed by atoms with E-state index in [2.05, 4.69) is 9.82 Å². The Morgan fingerprint density at radius 1 is 1.33 bits per heavy atom. The molecule has 2 N–H and O–H groups in total. The maximum absolute atomic E-state index is 12.1. The molecule has 0 amide bonds. The van der Waals surface area contributed by atoms with Gasteiger partial charge in [0, 0.05) is 36.2 Å². The third-order valence-electron chi connectivity index (χ3n) is 2.67. The third kappa shape index (κ3) is 4.48. The zero-order chi connectivity index (χ0) is 15.3. The molecule has 1 heterocycles. The molecule has 8 heteroatoms. The van der Waals surface area contributed by atoms with Gasteiger partial charge in [0.05, 0.1) is 6.20 Å². The van der Waals surface area contributed by atoms with Gasteiger partial charge in [-0.05, 0) is 30.7 Å². The molecule has 2 rings (SSSR count). The number of nitrogens with zero attached hydrogens (tertiary/aromatic N) is 2. The van der Waals surface area contributed by atoms with Crippen molar-refractivity contribution < 1.29 is 13.5 Å². The highest BCUT2D eigenvalue weighted by molar-refractivity contribution is 7.99. The van der Waals surface area contributed by atoms with Crippen LogP contribution >= 0.6 is 11.8 Å². The highest BCUT2D eigenvalue weighted by Gasteiger charge is 2.15. The van der Waals surface area contributed by atoms with Gasteiger partial charge in [-0.15, -0.1) is 11.8 Å². The molecule has 0 aliphatic rings. The summed E-state index contributed by atoms with van der Waals surface area (Å²) in [5, 5.41) is 12.6. The van der Waals surface area contributed by atoms with E-state index in [4.69, 9.17) is 5.11 Å². The van der Waals surface area contributed by atoms with Gasteiger partial charge in [-0.2, -0.15) is 5.10 Å². The molecular weight excluding hydrogens is 310 g/mol. The van der Waals surface area contributed by atoms with E-state index in [9.17, 15) is 8.42 Å². The topological polar surface area (TPSA) is 84.2 Å². The number of anilines is 1. The van der Waals surface area contributed by atoms with E-state index in [-0.39, 0.29) is 11.5 Å². The number of aliphatic hydroxyl groups excluding tert-OH is 1. The summed E-state index contributed by atoms with van der Waals surface area (Å²) in [5.41, 5.74) is 0.505. The van der Waals surface area contributed by atoms with E-state index >= 15 is 0 Å². The zero-order valence-electron chi connectivity index (χ0n) is 11.6. The van der Waals surface area contributed by atoms with Gasteiger partial charge in [0.15, 0.2) is 0 Å². The number of aryl methyl sites for hydroxylation is 1. The molecule has 6 nitrogen and oxygen atoms in total. The molecule has 0 fully saturated rings. The minimum atomic E-state index is -3.60. The van der Waals surface area contributed by atoms with Crippen molar-refractivity contribution in [3.05, 3.63) is 36.7 Å². The number of aliphatic hydroxyl groups is 1. The molecule has 0 bridgehead atoms. The van der Waals surface area contributed by atoms with Crippen LogP contribution in [0, 0.1) is 0 Å². The summed E-state index contributed by atoms with van der Waals surface area (Å²) in [6, 6.07) is 7.14. The van der Waals surface area contributed by atoms with Crippen molar-refractivity contribution in [2.75, 3.05) is 17.1 Å². The largest absolute Gasteiger partial charge is 0.396 e. The highest BCUT2D eigenvalue weighted by Crippen LogP contribution is 2.22. The van der Waals surface area contributed by atoms with Crippen molar-refractivity contribution in [3.63, 3.8) is 0 Å². The molecule has 0 aliphatic carbocycles. The molecule has 1 aromatic heterocycles. The van der Waals surface area contributed by atoms with E-state index in [0.29, 0.717) is 5.69 Å². The van der Waals surface area contributed by atoms with Crippen molar-refractivity contribution >= 4 is 27.5 Å². The second kappa shape index (κ2) is 6.97. The zero-order valence-corrected chi connectivity index (χ0v) is 13.2. The van der Waals surface area contributed by atoms with Crippen LogP contribution in [0.5, 0.6) is 0 Å². The van der Waals surface area contributed by atoms with E-state index in [1.165, 1.54) is 17.1 Å². The van der Waals surface area contributed by atoms with Crippen molar-refractivity contribution in [1.82, 2.24) is 9.78 Å². The van der Waals surface area contributed by atoms with Crippen LogP contribution in [0.4, 0.5) is 5.69 Å². The Morgan fingerprint density at radius 3 is 2.62 bits per heavy atom. The lowest BCUT2D eigenvalue weighted by molar-refractivity contribution is 0.296. The van der Waals surface area contributed by atoms with Crippen LogP contribution in [0.3, 0.4) is 0 Å². The molecule has 2 aromatic rings. The van der Waals surface area contributed by atoms with Gasteiger partial charge in [0.1, 0.15) is 4.90 Å². The van der Waals surface area contributed by atoms with Crippen molar-refractivity contribution in [2.45, 2.75) is 16.2 Å². The van der Waals surface area contributed by atoms with Crippen LogP contribution in [0.25, 0.3) is 0 Å². The first kappa shape index (κ1) is 15.9. The first-order chi connectivity index (χ1) is 10.0. The van der Waals surface area contributed by atoms with Gasteiger partial charge in [-0.3, -0.25) is 9.40 Å². The van der Waals surface area contributed by atoms with Gasteiger partial charge in [-0.1, -0.05) is 0 Å². The van der Waals surface area contributed by atoms with Gasteiger partial charge in [0.25, 0.3) is 10.0 Å². The normalized spacial score (nSPS) is 11.5. The third-order valence-corrected chi connectivity index (χ3v) is 5.10. The molecule has 0 unspecified atom stereocenters. The molecule has 0 saturated heterocycles. The minimum absolute atomic E-state index is 0.131. The summed E-state index contributed by atoms with van der Waals surface area (Å²) in [6.45, 7) is 0.177. The number of aromatic nitrogens is 2. The Morgan fingerprint density at radius 2 is 2.05 bits per heavy atom. The highest BCUT2D eigenvalue weighted by atomic mass is 32.2. The van der Waals surface area contributed by atoms with Gasteiger partial charge >= 0.3 is 0 Å². The number of hydrogen-bond acceptors (Lipinski definition) is 5. The fraction of sp³-hybridized carbons (Fsp3) is 0.308. The first-order valence-corrected chi connectivity index (χ1v) is 8.83. The number of benzene rings is 1. The fourth-order valence-electron chi connectivity index (χ4n) is 1.63. The predicted molar refractivity (Wildman–Crippen MR) is 82.9 cm³/mol. The molecule has 0 aliphatic heterocycles. The second-order valence-corrected chi connectivity index (χ2v) is 7.26. The van der Waals surface area contributed by atoms with Crippen LogP contribution in [0.1, 0.15) is 6.42 Å². The Labute approximate surface area is 128 Å². The van der Waals surface area contributed by atoms with Crippen LogP contribution < -0.4 is 4.72 Å². The first-order valence-electron chi connectivity index (χ1n) is 6.36. The minimum Gasteiger partial charge on any atom is -0.396 e.